The van der Waals surface area contributed by atoms with Gasteiger partial charge in [0, 0.05) is 16.6 Å². The summed E-state index contributed by atoms with van der Waals surface area (Å²) in [5.74, 6) is -0.156. The molecule has 3 N–H and O–H groups in total. The number of benzene rings is 1. The van der Waals surface area contributed by atoms with Gasteiger partial charge in [0.15, 0.2) is 0 Å². The number of urea groups is 1. The molecule has 1 rings (SSSR count). The Balaban J connectivity index is 2.75. The third-order valence-electron chi connectivity index (χ3n) is 2.14. The average molecular weight is 314 g/mol. The Labute approximate surface area is 114 Å². The first kappa shape index (κ1) is 14.5. The summed E-state index contributed by atoms with van der Waals surface area (Å²) < 4.78 is 0.796. The van der Waals surface area contributed by atoms with E-state index in [9.17, 15) is 9.59 Å². The van der Waals surface area contributed by atoms with Crippen molar-refractivity contribution in [3.63, 3.8) is 0 Å². The Morgan fingerprint density at radius 3 is 2.61 bits per heavy atom. The Morgan fingerprint density at radius 2 is 2.11 bits per heavy atom. The lowest BCUT2D eigenvalue weighted by molar-refractivity contribution is 0.0820. The molecule has 6 heteroatoms. The molecule has 0 unspecified atom stereocenters. The lowest BCUT2D eigenvalue weighted by Crippen LogP contribution is -2.50. The van der Waals surface area contributed by atoms with Crippen LogP contribution in [0.3, 0.4) is 0 Å². The lowest BCUT2D eigenvalue weighted by atomic mass is 10.2. The first-order valence-electron chi connectivity index (χ1n) is 5.53. The number of hydrazine groups is 1. The molecule has 1 aromatic carbocycles. The highest BCUT2D eigenvalue weighted by Gasteiger charge is 2.15. The smallest absolute Gasteiger partial charge is 0.333 e. The Kier molecular flexibility index (Phi) is 5.15. The summed E-state index contributed by atoms with van der Waals surface area (Å²) in [6.45, 7) is 4.23. The largest absolute Gasteiger partial charge is 0.350 e. The van der Waals surface area contributed by atoms with Gasteiger partial charge in [0.1, 0.15) is 0 Å². The van der Waals surface area contributed by atoms with Gasteiger partial charge in [-0.3, -0.25) is 10.2 Å². The van der Waals surface area contributed by atoms with Crippen molar-refractivity contribution in [2.75, 3.05) is 6.54 Å². The maximum atomic E-state index is 11.9. The standard InChI is InChI=1S/C12H16BrN3O2/c1-8(2)7-16(12(14)18)15-11(17)9-4-3-5-10(13)6-9/h3-6,8H,7H2,1-2H3,(H2,14,18)(H,15,17). The SMILES string of the molecule is CC(C)CN(NC(=O)c1cccc(Br)c1)C(N)=O. The quantitative estimate of drug-likeness (QED) is 0.839. The number of amides is 3. The highest BCUT2D eigenvalue weighted by molar-refractivity contribution is 9.10. The highest BCUT2D eigenvalue weighted by atomic mass is 79.9. The van der Waals surface area contributed by atoms with Gasteiger partial charge >= 0.3 is 6.03 Å². The van der Waals surface area contributed by atoms with Crippen molar-refractivity contribution >= 4 is 27.9 Å². The second-order valence-electron chi connectivity index (χ2n) is 4.29. The molecule has 0 saturated heterocycles. The second kappa shape index (κ2) is 6.39. The molecule has 0 spiro atoms. The zero-order valence-electron chi connectivity index (χ0n) is 10.3. The van der Waals surface area contributed by atoms with Crippen LogP contribution in [0.25, 0.3) is 0 Å². The van der Waals surface area contributed by atoms with E-state index < -0.39 is 6.03 Å². The number of carbonyl (C=O) groups excluding carboxylic acids is 2. The fraction of sp³-hybridized carbons (Fsp3) is 0.333. The first-order chi connectivity index (χ1) is 8.40. The molecule has 0 aliphatic heterocycles. The van der Waals surface area contributed by atoms with Crippen LogP contribution in [-0.4, -0.2) is 23.5 Å². The fourth-order valence-electron chi connectivity index (χ4n) is 1.37. The van der Waals surface area contributed by atoms with Crippen LogP contribution in [0.5, 0.6) is 0 Å². The number of nitrogens with one attached hydrogen (secondary N) is 1. The van der Waals surface area contributed by atoms with Crippen LogP contribution in [0.15, 0.2) is 28.7 Å². The van der Waals surface area contributed by atoms with Crippen molar-refractivity contribution in [1.82, 2.24) is 10.4 Å². The molecule has 0 saturated carbocycles. The highest BCUT2D eigenvalue weighted by Crippen LogP contribution is 2.11. The Bertz CT molecular complexity index is 449. The number of nitrogens with two attached hydrogens (primary N) is 1. The molecule has 0 heterocycles. The van der Waals surface area contributed by atoms with Crippen molar-refractivity contribution in [3.8, 4) is 0 Å². The lowest BCUT2D eigenvalue weighted by Gasteiger charge is -2.22. The minimum atomic E-state index is -0.674. The predicted octanol–water partition coefficient (Wildman–Crippen LogP) is 2.13. The number of hydrogen-bond donors (Lipinski definition) is 2. The van der Waals surface area contributed by atoms with Crippen LogP contribution in [0.1, 0.15) is 24.2 Å². The monoisotopic (exact) mass is 313 g/mol. The minimum absolute atomic E-state index is 0.209. The molecule has 0 atom stereocenters. The number of primary amides is 1. The van der Waals surface area contributed by atoms with Crippen molar-refractivity contribution < 1.29 is 9.59 Å². The zero-order valence-corrected chi connectivity index (χ0v) is 11.9. The van der Waals surface area contributed by atoms with Crippen molar-refractivity contribution in [2.24, 2.45) is 11.7 Å². The molecule has 18 heavy (non-hydrogen) atoms. The summed E-state index contributed by atoms with van der Waals surface area (Å²) in [7, 11) is 0. The van der Waals surface area contributed by atoms with Crippen molar-refractivity contribution in [3.05, 3.63) is 34.3 Å². The van der Waals surface area contributed by atoms with Crippen molar-refractivity contribution in [1.29, 1.82) is 0 Å². The van der Waals surface area contributed by atoms with Crippen LogP contribution in [-0.2, 0) is 0 Å². The van der Waals surface area contributed by atoms with E-state index in [4.69, 9.17) is 5.73 Å². The van der Waals surface area contributed by atoms with E-state index in [1.165, 1.54) is 0 Å². The number of hydrogen-bond acceptors (Lipinski definition) is 2. The van der Waals surface area contributed by atoms with Gasteiger partial charge in [-0.1, -0.05) is 35.8 Å². The van der Waals surface area contributed by atoms with E-state index in [0.29, 0.717) is 12.1 Å². The summed E-state index contributed by atoms with van der Waals surface area (Å²) >= 11 is 3.28. The van der Waals surface area contributed by atoms with Gasteiger partial charge in [-0.2, -0.15) is 0 Å². The Hall–Kier alpha value is -1.56. The molecule has 1 aromatic rings. The van der Waals surface area contributed by atoms with E-state index in [1.807, 2.05) is 19.9 Å². The molecule has 0 aromatic heterocycles. The van der Waals surface area contributed by atoms with Crippen LogP contribution in [0, 0.1) is 5.92 Å². The zero-order chi connectivity index (χ0) is 13.7. The molecular formula is C12H16BrN3O2. The molecule has 3 amide bonds. The molecule has 0 bridgehead atoms. The minimum Gasteiger partial charge on any atom is -0.350 e. The Morgan fingerprint density at radius 1 is 1.44 bits per heavy atom. The average Bonchev–Trinajstić information content (AvgIpc) is 2.27. The van der Waals surface area contributed by atoms with Gasteiger partial charge in [-0.25, -0.2) is 9.80 Å². The third kappa shape index (κ3) is 4.37. The molecule has 0 fully saturated rings. The van der Waals surface area contributed by atoms with Gasteiger partial charge in [0.2, 0.25) is 0 Å². The van der Waals surface area contributed by atoms with Crippen LogP contribution in [0.2, 0.25) is 0 Å². The van der Waals surface area contributed by atoms with Gasteiger partial charge in [0.25, 0.3) is 5.91 Å². The first-order valence-corrected chi connectivity index (χ1v) is 6.33. The molecule has 0 aliphatic rings. The maximum Gasteiger partial charge on any atom is 0.333 e. The predicted molar refractivity (Wildman–Crippen MR) is 72.7 cm³/mol. The molecule has 0 radical (unpaired) electrons. The van der Waals surface area contributed by atoms with Crippen LogP contribution < -0.4 is 11.2 Å². The van der Waals surface area contributed by atoms with Gasteiger partial charge in [0.05, 0.1) is 0 Å². The van der Waals surface area contributed by atoms with Crippen LogP contribution in [0.4, 0.5) is 4.79 Å². The maximum absolute atomic E-state index is 11.9. The summed E-state index contributed by atoms with van der Waals surface area (Å²) in [4.78, 5) is 23.1. The number of nitrogens with zero attached hydrogens (tertiary/aromatic N) is 1. The molecule has 0 aliphatic carbocycles. The van der Waals surface area contributed by atoms with E-state index in [2.05, 4.69) is 21.4 Å². The number of rotatable bonds is 3. The van der Waals surface area contributed by atoms with E-state index >= 15 is 0 Å². The van der Waals surface area contributed by atoms with Crippen molar-refractivity contribution in [2.45, 2.75) is 13.8 Å². The third-order valence-corrected chi connectivity index (χ3v) is 2.63. The summed E-state index contributed by atoms with van der Waals surface area (Å²) in [5.41, 5.74) is 8.15. The van der Waals surface area contributed by atoms with E-state index in [1.54, 1.807) is 18.2 Å². The summed E-state index contributed by atoms with van der Waals surface area (Å²) in [5, 5.41) is 1.12. The topological polar surface area (TPSA) is 75.4 Å². The number of carbonyl (C=O) groups is 2. The summed E-state index contributed by atoms with van der Waals surface area (Å²) in [6.07, 6.45) is 0. The van der Waals surface area contributed by atoms with E-state index in [0.717, 1.165) is 9.48 Å². The molecule has 5 nitrogen and oxygen atoms in total. The van der Waals surface area contributed by atoms with Crippen LogP contribution >= 0.6 is 15.9 Å². The second-order valence-corrected chi connectivity index (χ2v) is 5.21. The fourth-order valence-corrected chi connectivity index (χ4v) is 1.77. The van der Waals surface area contributed by atoms with Gasteiger partial charge < -0.3 is 5.73 Å². The van der Waals surface area contributed by atoms with E-state index in [-0.39, 0.29) is 11.8 Å². The van der Waals surface area contributed by atoms with Gasteiger partial charge in [-0.05, 0) is 24.1 Å². The molecule has 98 valence electrons. The normalized spacial score (nSPS) is 10.2. The molecular weight excluding hydrogens is 298 g/mol. The summed E-state index contributed by atoms with van der Waals surface area (Å²) in [6, 6.07) is 6.22. The van der Waals surface area contributed by atoms with Gasteiger partial charge in [-0.15, -0.1) is 0 Å². The number of halogens is 1.